The lowest BCUT2D eigenvalue weighted by atomic mass is 10.1. The summed E-state index contributed by atoms with van der Waals surface area (Å²) in [6.07, 6.45) is -3.99. The summed E-state index contributed by atoms with van der Waals surface area (Å²) >= 11 is 1.19. The van der Waals surface area contributed by atoms with Crippen LogP contribution in [0.2, 0.25) is 0 Å². The van der Waals surface area contributed by atoms with Gasteiger partial charge in [-0.2, -0.15) is 18.2 Å². The highest BCUT2D eigenvalue weighted by Crippen LogP contribution is 2.24. The smallest absolute Gasteiger partial charge is 0.381 e. The summed E-state index contributed by atoms with van der Waals surface area (Å²) < 4.78 is 41.6. The Morgan fingerprint density at radius 1 is 1.56 bits per heavy atom. The monoisotopic (exact) mass is 282 g/mol. The molecule has 1 amide bonds. The molecule has 2 saturated heterocycles. The fourth-order valence-corrected chi connectivity index (χ4v) is 2.89. The van der Waals surface area contributed by atoms with Crippen molar-refractivity contribution in [3.8, 4) is 0 Å². The van der Waals surface area contributed by atoms with Crippen LogP contribution >= 0.6 is 11.8 Å². The number of hydrogen-bond acceptors (Lipinski definition) is 3. The molecular weight excluding hydrogens is 269 g/mol. The van der Waals surface area contributed by atoms with Gasteiger partial charge in [-0.05, 0) is 6.42 Å². The lowest BCUT2D eigenvalue weighted by Gasteiger charge is -2.20. The first kappa shape index (κ1) is 13.7. The Morgan fingerprint density at radius 2 is 2.33 bits per heavy atom. The van der Waals surface area contributed by atoms with Crippen molar-refractivity contribution in [2.75, 3.05) is 32.1 Å². The first-order chi connectivity index (χ1) is 8.47. The van der Waals surface area contributed by atoms with E-state index in [9.17, 15) is 18.0 Å². The minimum Gasteiger partial charge on any atom is -0.381 e. The Kier molecular flexibility index (Phi) is 4.16. The van der Waals surface area contributed by atoms with Gasteiger partial charge in [0.25, 0.3) is 0 Å². The Hall–Kier alpha value is -0.760. The number of thioether (sulfide) groups is 1. The molecule has 1 atom stereocenters. The van der Waals surface area contributed by atoms with E-state index in [0.29, 0.717) is 38.0 Å². The quantitative estimate of drug-likeness (QED) is 0.770. The number of rotatable bonds is 2. The topological polar surface area (TPSA) is 41.9 Å². The van der Waals surface area contributed by atoms with Gasteiger partial charge in [-0.1, -0.05) is 11.8 Å². The number of halogens is 3. The zero-order valence-corrected chi connectivity index (χ0v) is 10.4. The summed E-state index contributed by atoms with van der Waals surface area (Å²) in [7, 11) is 0. The molecule has 0 aromatic rings. The normalized spacial score (nSPS) is 27.2. The lowest BCUT2D eigenvalue weighted by Crippen LogP contribution is -2.32. The van der Waals surface area contributed by atoms with E-state index in [1.165, 1.54) is 11.8 Å². The van der Waals surface area contributed by atoms with Gasteiger partial charge in [0.15, 0.2) is 5.17 Å². The number of alkyl halides is 3. The number of amides is 1. The number of carbonyl (C=O) groups excluding carboxylic acids is 1. The standard InChI is InChI=1S/C10H13F3N2O2S/c11-10(12,13)8(16)14-9-15(2-4-18-9)5-7-1-3-17-6-7/h7H,1-6H2. The number of nitrogens with zero attached hydrogens (tertiary/aromatic N) is 2. The molecule has 0 saturated carbocycles. The number of hydrogen-bond donors (Lipinski definition) is 0. The van der Waals surface area contributed by atoms with Gasteiger partial charge in [-0.15, -0.1) is 0 Å². The maximum absolute atomic E-state index is 12.1. The molecule has 0 N–H and O–H groups in total. The number of carbonyl (C=O) groups is 1. The van der Waals surface area contributed by atoms with Crippen molar-refractivity contribution < 1.29 is 22.7 Å². The molecule has 2 aliphatic heterocycles. The highest BCUT2D eigenvalue weighted by Gasteiger charge is 2.40. The summed E-state index contributed by atoms with van der Waals surface area (Å²) in [5.41, 5.74) is 0. The zero-order chi connectivity index (χ0) is 13.2. The molecule has 18 heavy (non-hydrogen) atoms. The predicted octanol–water partition coefficient (Wildman–Crippen LogP) is 1.52. The van der Waals surface area contributed by atoms with Crippen LogP contribution in [0.15, 0.2) is 4.99 Å². The number of amidine groups is 1. The van der Waals surface area contributed by atoms with Gasteiger partial charge in [0.2, 0.25) is 0 Å². The molecule has 4 nitrogen and oxygen atoms in total. The zero-order valence-electron chi connectivity index (χ0n) is 9.57. The second-order valence-corrected chi connectivity index (χ2v) is 5.28. The van der Waals surface area contributed by atoms with Crippen molar-refractivity contribution in [3.63, 3.8) is 0 Å². The number of ether oxygens (including phenoxy) is 1. The second kappa shape index (κ2) is 5.48. The van der Waals surface area contributed by atoms with Crippen LogP contribution in [0.25, 0.3) is 0 Å². The first-order valence-electron chi connectivity index (χ1n) is 5.62. The van der Waals surface area contributed by atoms with Gasteiger partial charge in [-0.3, -0.25) is 4.79 Å². The fourth-order valence-electron chi connectivity index (χ4n) is 1.90. The molecule has 2 fully saturated rings. The molecule has 1 unspecified atom stereocenters. The molecule has 0 aliphatic carbocycles. The van der Waals surface area contributed by atoms with E-state index in [4.69, 9.17) is 4.74 Å². The van der Waals surface area contributed by atoms with Gasteiger partial charge < -0.3 is 9.64 Å². The van der Waals surface area contributed by atoms with E-state index < -0.39 is 12.1 Å². The van der Waals surface area contributed by atoms with Crippen LogP contribution in [-0.2, 0) is 9.53 Å². The Balaban J connectivity index is 1.98. The molecule has 8 heteroatoms. The summed E-state index contributed by atoms with van der Waals surface area (Å²) in [6.45, 7) is 2.56. The van der Waals surface area contributed by atoms with Gasteiger partial charge in [0.1, 0.15) is 0 Å². The van der Waals surface area contributed by atoms with Crippen molar-refractivity contribution >= 4 is 22.8 Å². The van der Waals surface area contributed by atoms with E-state index in [1.807, 2.05) is 0 Å². The molecule has 0 radical (unpaired) electrons. The van der Waals surface area contributed by atoms with Crippen LogP contribution < -0.4 is 0 Å². The summed E-state index contributed by atoms with van der Waals surface area (Å²) in [5.74, 6) is -1.05. The third-order valence-corrected chi connectivity index (χ3v) is 3.80. The van der Waals surface area contributed by atoms with E-state index in [1.54, 1.807) is 4.90 Å². The molecule has 0 aromatic carbocycles. The molecule has 0 aromatic heterocycles. The third kappa shape index (κ3) is 3.38. The molecule has 2 aliphatic rings. The third-order valence-electron chi connectivity index (χ3n) is 2.81. The van der Waals surface area contributed by atoms with Crippen LogP contribution in [0, 0.1) is 5.92 Å². The largest absolute Gasteiger partial charge is 0.473 e. The molecule has 2 rings (SSSR count). The average molecular weight is 282 g/mol. The van der Waals surface area contributed by atoms with Gasteiger partial charge >= 0.3 is 12.1 Å². The maximum atomic E-state index is 12.1. The van der Waals surface area contributed by atoms with Gasteiger partial charge in [0.05, 0.1) is 6.61 Å². The average Bonchev–Trinajstić information content (AvgIpc) is 2.90. The molecular formula is C10H13F3N2O2S. The fraction of sp³-hybridized carbons (Fsp3) is 0.800. The van der Waals surface area contributed by atoms with Crippen LogP contribution in [0.1, 0.15) is 6.42 Å². The second-order valence-electron chi connectivity index (χ2n) is 4.22. The summed E-state index contributed by atoms with van der Waals surface area (Å²) in [6, 6.07) is 0. The summed E-state index contributed by atoms with van der Waals surface area (Å²) in [4.78, 5) is 15.7. The Bertz CT molecular complexity index is 354. The van der Waals surface area contributed by atoms with E-state index >= 15 is 0 Å². The van der Waals surface area contributed by atoms with Gasteiger partial charge in [0, 0.05) is 31.4 Å². The van der Waals surface area contributed by atoms with Crippen molar-refractivity contribution in [2.45, 2.75) is 12.6 Å². The molecule has 102 valence electrons. The van der Waals surface area contributed by atoms with Crippen LogP contribution in [0.3, 0.4) is 0 Å². The van der Waals surface area contributed by atoms with Crippen molar-refractivity contribution in [1.82, 2.24) is 4.90 Å². The minimum absolute atomic E-state index is 0.184. The highest BCUT2D eigenvalue weighted by molar-refractivity contribution is 8.14. The minimum atomic E-state index is -4.89. The molecule has 2 heterocycles. The van der Waals surface area contributed by atoms with E-state index in [2.05, 4.69) is 4.99 Å². The van der Waals surface area contributed by atoms with Crippen LogP contribution in [0.5, 0.6) is 0 Å². The molecule has 0 bridgehead atoms. The SMILES string of the molecule is O=C(N=C1SCCN1CC1CCOC1)C(F)(F)F. The van der Waals surface area contributed by atoms with Crippen molar-refractivity contribution in [3.05, 3.63) is 0 Å². The Morgan fingerprint density at radius 3 is 2.94 bits per heavy atom. The van der Waals surface area contributed by atoms with Crippen molar-refractivity contribution in [1.29, 1.82) is 0 Å². The maximum Gasteiger partial charge on any atom is 0.473 e. The predicted molar refractivity (Wildman–Crippen MR) is 61.5 cm³/mol. The van der Waals surface area contributed by atoms with Crippen LogP contribution in [-0.4, -0.2) is 54.2 Å². The van der Waals surface area contributed by atoms with E-state index in [-0.39, 0.29) is 5.17 Å². The molecule has 0 spiro atoms. The number of aliphatic imine (C=N–C) groups is 1. The summed E-state index contributed by atoms with van der Waals surface area (Å²) in [5, 5.41) is 0.184. The first-order valence-corrected chi connectivity index (χ1v) is 6.60. The highest BCUT2D eigenvalue weighted by atomic mass is 32.2. The van der Waals surface area contributed by atoms with Crippen LogP contribution in [0.4, 0.5) is 13.2 Å². The lowest BCUT2D eigenvalue weighted by molar-refractivity contribution is -0.169. The van der Waals surface area contributed by atoms with E-state index in [0.717, 1.165) is 6.42 Å². The van der Waals surface area contributed by atoms with Crippen molar-refractivity contribution in [2.24, 2.45) is 10.9 Å². The Labute approximate surface area is 107 Å². The van der Waals surface area contributed by atoms with Gasteiger partial charge in [-0.25, -0.2) is 0 Å².